The Balaban J connectivity index is 1.13. The number of allylic oxidation sites excluding steroid dienone is 6. The maximum Gasteiger partial charge on any atom is 0.125 e. The third-order valence-corrected chi connectivity index (χ3v) is 19.2. The van der Waals surface area contributed by atoms with Gasteiger partial charge in [-0.15, -0.1) is 0 Å². The fraction of sp³-hybridized carbons (Fsp3) is 0.271. The minimum Gasteiger partial charge on any atom is -0.0654 e. The fourth-order valence-corrected chi connectivity index (χ4v) is 14.1. The minimum absolute atomic E-state index is 0.0772. The van der Waals surface area contributed by atoms with Gasteiger partial charge in [0.2, 0.25) is 0 Å². The largest absolute Gasteiger partial charge is 0.125 e. The summed E-state index contributed by atoms with van der Waals surface area (Å²) in [6, 6.07) is 72.6. The van der Waals surface area contributed by atoms with E-state index in [2.05, 4.69) is 206 Å². The molecule has 0 spiro atoms. The van der Waals surface area contributed by atoms with Gasteiger partial charge in [0.05, 0.1) is 22.3 Å². The Bertz CT molecular complexity index is 4430. The highest BCUT2D eigenvalue weighted by Gasteiger charge is 2.43. The van der Waals surface area contributed by atoms with E-state index in [9.17, 15) is 0 Å². The average molecular weight is 1240 g/mol. The van der Waals surface area contributed by atoms with Crippen LogP contribution in [0.3, 0.4) is 0 Å². The summed E-state index contributed by atoms with van der Waals surface area (Å²) in [5, 5.41) is 0. The molecule has 0 N–H and O–H groups in total. The summed E-state index contributed by atoms with van der Waals surface area (Å²) in [6.07, 6.45) is 24.0. The predicted molar refractivity (Wildman–Crippen MR) is 405 cm³/mol. The van der Waals surface area contributed by atoms with Crippen LogP contribution in [-0.4, -0.2) is 0 Å². The van der Waals surface area contributed by atoms with Gasteiger partial charge in [-0.2, -0.15) is 0 Å². The highest BCUT2D eigenvalue weighted by molar-refractivity contribution is 5.88. The molecule has 8 aromatic carbocycles. The lowest BCUT2D eigenvalue weighted by Crippen LogP contribution is -2.25. The van der Waals surface area contributed by atoms with Crippen molar-refractivity contribution in [3.63, 3.8) is 0 Å². The van der Waals surface area contributed by atoms with Crippen LogP contribution in [0.4, 0.5) is 0 Å². The molecule has 0 saturated carbocycles. The summed E-state index contributed by atoms with van der Waals surface area (Å²) in [4.78, 5) is 0. The minimum atomic E-state index is -0.0772. The Morgan fingerprint density at radius 3 is 0.854 bits per heavy atom. The lowest BCUT2D eigenvalue weighted by molar-refractivity contribution is 0.401. The van der Waals surface area contributed by atoms with Crippen molar-refractivity contribution in [2.75, 3.05) is 0 Å². The zero-order chi connectivity index (χ0) is 66.0. The van der Waals surface area contributed by atoms with Crippen molar-refractivity contribution in [3.05, 3.63) is 307 Å². The summed E-state index contributed by atoms with van der Waals surface area (Å²) in [6.45, 7) is 9.20. The molecule has 96 heavy (non-hydrogen) atoms. The lowest BCUT2D eigenvalue weighted by atomic mass is 9.70. The average Bonchev–Trinajstić information content (AvgIpc) is 1.58. The zero-order valence-corrected chi connectivity index (χ0v) is 56.8. The first kappa shape index (κ1) is 66.9. The SMILES string of the molecule is CCCCCCC1(CCCCCC)c2ccccc2-c2ccc(C#CC3=C=C=C(c4ccccc4)C#CC(c4ccccc4)=C=C=C(C#Cc4ccc5c(c4)C(CCCCCC)(CCCCCC)c4ccccc4-5)C#CC(c4ccccc4)=C=C=C(c4ccccc4)C#C3)cc21. The molecule has 0 amide bonds. The molecular formula is C96H86. The number of hydrogen-bond acceptors (Lipinski definition) is 0. The van der Waals surface area contributed by atoms with E-state index in [0.29, 0.717) is 33.4 Å². The molecule has 470 valence electrons. The molecule has 0 heteroatoms. The molecule has 3 aliphatic carbocycles. The van der Waals surface area contributed by atoms with E-state index >= 15 is 0 Å². The smallest absolute Gasteiger partial charge is 0.0654 e. The molecule has 11 rings (SSSR count). The molecule has 0 radical (unpaired) electrons. The highest BCUT2D eigenvalue weighted by atomic mass is 14.5. The number of unbranched alkanes of at least 4 members (excludes halogenated alkanes) is 12. The summed E-state index contributed by atoms with van der Waals surface area (Å²) >= 11 is 0. The quantitative estimate of drug-likeness (QED) is 0.0321. The normalized spacial score (nSPS) is 13.5. The number of fused-ring (bicyclic) bond motifs is 6. The Morgan fingerprint density at radius 2 is 0.531 bits per heavy atom. The number of rotatable bonds is 24. The van der Waals surface area contributed by atoms with Gasteiger partial charge in [-0.3, -0.25) is 0 Å². The first-order chi connectivity index (χ1) is 47.4. The van der Waals surface area contributed by atoms with Gasteiger partial charge in [0.1, 0.15) is 11.1 Å². The molecule has 0 aliphatic heterocycles. The van der Waals surface area contributed by atoms with Crippen LogP contribution in [0.2, 0.25) is 0 Å². The molecule has 0 fully saturated rings. The van der Waals surface area contributed by atoms with Crippen LogP contribution < -0.4 is 0 Å². The second kappa shape index (κ2) is 34.0. The molecule has 0 unspecified atom stereocenters. The predicted octanol–water partition coefficient (Wildman–Crippen LogP) is 24.0. The molecule has 0 heterocycles. The molecule has 0 aromatic heterocycles. The van der Waals surface area contributed by atoms with Crippen molar-refractivity contribution in [3.8, 4) is 81.5 Å². The second-order valence-electron chi connectivity index (χ2n) is 25.7. The van der Waals surface area contributed by atoms with Crippen molar-refractivity contribution in [2.45, 2.75) is 167 Å². The van der Waals surface area contributed by atoms with Crippen LogP contribution in [-0.2, 0) is 10.8 Å². The molecule has 8 aromatic rings. The standard InChI is InChI=1S/C96H86/c1-5-9-13-33-69-95(70-34-14-10-6-2)91-47-31-29-45-87(91)89-67-57-77(73-93(89)95)51-49-75-53-59-83(79-37-21-17-22-38-79)63-65-85(81-41-25-19-26-42-81)61-55-76(56-62-86(82-43-27-20-28-44-82)66-64-84(60-54-75)80-39-23-18-24-40-80)50-52-78-58-68-90-88-46-30-32-48-92(88)96(94(90)74-78,71-35-15-11-7-3)72-36-16-12-8-4/h17-32,37-48,57-58,67-68,73-74H,5-16,33-36,69-72H2,1-4H3. The van der Waals surface area contributed by atoms with Crippen LogP contribution in [0.5, 0.6) is 0 Å². The number of benzene rings is 8. The monoisotopic (exact) mass is 1240 g/mol. The van der Waals surface area contributed by atoms with Crippen molar-refractivity contribution < 1.29 is 0 Å². The van der Waals surface area contributed by atoms with Crippen LogP contribution in [0.15, 0.2) is 252 Å². The zero-order valence-electron chi connectivity index (χ0n) is 56.8. The van der Waals surface area contributed by atoms with Gasteiger partial charge >= 0.3 is 0 Å². The Morgan fingerprint density at radius 1 is 0.250 bits per heavy atom. The van der Waals surface area contributed by atoms with Gasteiger partial charge in [0.15, 0.2) is 0 Å². The summed E-state index contributed by atoms with van der Waals surface area (Å²) in [7, 11) is 0. The first-order valence-corrected chi connectivity index (χ1v) is 35.5. The molecule has 0 atom stereocenters. The first-order valence-electron chi connectivity index (χ1n) is 35.5. The topological polar surface area (TPSA) is 0 Å². The van der Waals surface area contributed by atoms with E-state index < -0.39 is 0 Å². The van der Waals surface area contributed by atoms with E-state index in [0.717, 1.165) is 59.1 Å². The van der Waals surface area contributed by atoms with Crippen LogP contribution >= 0.6 is 0 Å². The molecule has 0 saturated heterocycles. The summed E-state index contributed by atoms with van der Waals surface area (Å²) in [5.41, 5.74) is 40.7. The maximum absolute atomic E-state index is 3.62. The van der Waals surface area contributed by atoms with Gasteiger partial charge in [0, 0.05) is 22.0 Å². The van der Waals surface area contributed by atoms with E-state index in [-0.39, 0.29) is 10.8 Å². The third kappa shape index (κ3) is 16.5. The molecule has 0 bridgehead atoms. The van der Waals surface area contributed by atoms with Crippen molar-refractivity contribution in [1.29, 1.82) is 0 Å². The lowest BCUT2D eigenvalue weighted by Gasteiger charge is -2.33. The third-order valence-electron chi connectivity index (χ3n) is 19.2. The second-order valence-corrected chi connectivity index (χ2v) is 25.7. The van der Waals surface area contributed by atoms with E-state index in [4.69, 9.17) is 0 Å². The molecule has 0 nitrogen and oxygen atoms in total. The van der Waals surface area contributed by atoms with Crippen molar-refractivity contribution in [2.24, 2.45) is 0 Å². The summed E-state index contributed by atoms with van der Waals surface area (Å²) in [5.74, 6) is 35.4. The van der Waals surface area contributed by atoms with E-state index in [1.54, 1.807) is 0 Å². The molecule has 3 aliphatic rings. The van der Waals surface area contributed by atoms with Crippen LogP contribution in [0, 0.1) is 59.2 Å². The van der Waals surface area contributed by atoms with Gasteiger partial charge in [-0.05, 0) is 152 Å². The van der Waals surface area contributed by atoms with E-state index in [1.165, 1.54) is 147 Å². The van der Waals surface area contributed by atoms with Crippen molar-refractivity contribution >= 4 is 22.3 Å². The highest BCUT2D eigenvalue weighted by Crippen LogP contribution is 2.56. The van der Waals surface area contributed by atoms with Crippen LogP contribution in [0.1, 0.15) is 212 Å². The van der Waals surface area contributed by atoms with E-state index in [1.807, 2.05) is 121 Å². The fourth-order valence-electron chi connectivity index (χ4n) is 14.1. The Kier molecular flexibility index (Phi) is 23.7. The Hall–Kier alpha value is -10.5. The van der Waals surface area contributed by atoms with Crippen molar-refractivity contribution in [1.82, 2.24) is 0 Å². The van der Waals surface area contributed by atoms with Gasteiger partial charge in [-0.1, -0.05) is 371 Å². The van der Waals surface area contributed by atoms with Gasteiger partial charge < -0.3 is 0 Å². The van der Waals surface area contributed by atoms with Gasteiger partial charge in [0.25, 0.3) is 0 Å². The number of hydrogen-bond donors (Lipinski definition) is 0. The molecular weight excluding hydrogens is 1150 g/mol. The summed E-state index contributed by atoms with van der Waals surface area (Å²) < 4.78 is 0. The van der Waals surface area contributed by atoms with Gasteiger partial charge in [-0.25, -0.2) is 0 Å². The maximum atomic E-state index is 3.62. The van der Waals surface area contributed by atoms with Crippen LogP contribution in [0.25, 0.3) is 44.5 Å². The Labute approximate surface area is 574 Å².